The predicted octanol–water partition coefficient (Wildman–Crippen LogP) is 8.31. The van der Waals surface area contributed by atoms with Gasteiger partial charge in [-0.15, -0.1) is 0 Å². The Morgan fingerprint density at radius 1 is 0.735 bits per heavy atom. The number of imidazole rings is 1. The molecule has 34 heavy (non-hydrogen) atoms. The summed E-state index contributed by atoms with van der Waals surface area (Å²) in [5, 5.41) is 4.72. The van der Waals surface area contributed by atoms with Crippen LogP contribution in [-0.2, 0) is 6.42 Å². The van der Waals surface area contributed by atoms with Crippen LogP contribution >= 0.6 is 0 Å². The number of hydrogen-bond acceptors (Lipinski definition) is 2. The van der Waals surface area contributed by atoms with Crippen molar-refractivity contribution in [3.63, 3.8) is 0 Å². The van der Waals surface area contributed by atoms with Gasteiger partial charge in [-0.1, -0.05) is 73.7 Å². The Morgan fingerprint density at radius 3 is 2.32 bits per heavy atom. The summed E-state index contributed by atoms with van der Waals surface area (Å²) in [6, 6.07) is 36.2. The van der Waals surface area contributed by atoms with E-state index in [1.807, 2.05) is 18.2 Å². The SMILES string of the molecule is CCc1nc2ccccc2n1-c1ccc(-c2c3ccccc3cc3c2oc2ccccc23)cc1. The standard InChI is InChI=1S/C31H22N2O/c1-2-29-32-26-12-6-7-13-27(26)33(29)22-17-15-20(16-18-22)30-23-10-4-3-9-21(23)19-25-24-11-5-8-14-28(24)34-31(25)30/h3-19H,2H2,1H3. The number of benzene rings is 5. The fraction of sp³-hybridized carbons (Fsp3) is 0.0645. The highest BCUT2D eigenvalue weighted by atomic mass is 16.3. The molecule has 5 aromatic carbocycles. The number of nitrogens with zero attached hydrogens (tertiary/aromatic N) is 2. The lowest BCUT2D eigenvalue weighted by atomic mass is 9.95. The van der Waals surface area contributed by atoms with Crippen LogP contribution in [0.1, 0.15) is 12.7 Å². The van der Waals surface area contributed by atoms with Gasteiger partial charge in [-0.2, -0.15) is 0 Å². The molecule has 0 aliphatic rings. The molecule has 0 N–H and O–H groups in total. The summed E-state index contributed by atoms with van der Waals surface area (Å²) in [5.41, 5.74) is 7.43. The molecule has 2 heterocycles. The lowest BCUT2D eigenvalue weighted by Gasteiger charge is -2.12. The van der Waals surface area contributed by atoms with E-state index in [2.05, 4.69) is 96.4 Å². The summed E-state index contributed by atoms with van der Waals surface area (Å²) in [6.07, 6.45) is 0.874. The van der Waals surface area contributed by atoms with E-state index in [9.17, 15) is 0 Å². The zero-order valence-corrected chi connectivity index (χ0v) is 18.8. The Morgan fingerprint density at radius 2 is 1.47 bits per heavy atom. The summed E-state index contributed by atoms with van der Waals surface area (Å²) in [7, 11) is 0. The quantitative estimate of drug-likeness (QED) is 0.278. The van der Waals surface area contributed by atoms with E-state index in [-0.39, 0.29) is 0 Å². The van der Waals surface area contributed by atoms with Crippen molar-refractivity contribution in [2.75, 3.05) is 0 Å². The third-order valence-electron chi connectivity index (χ3n) is 6.75. The molecule has 2 aromatic heterocycles. The van der Waals surface area contributed by atoms with Crippen LogP contribution in [-0.4, -0.2) is 9.55 Å². The second-order valence-electron chi connectivity index (χ2n) is 8.70. The number of rotatable bonds is 3. The van der Waals surface area contributed by atoms with Gasteiger partial charge < -0.3 is 4.42 Å². The molecular weight excluding hydrogens is 416 g/mol. The zero-order valence-electron chi connectivity index (χ0n) is 18.8. The summed E-state index contributed by atoms with van der Waals surface area (Å²) in [4.78, 5) is 4.84. The number of hydrogen-bond donors (Lipinski definition) is 0. The topological polar surface area (TPSA) is 31.0 Å². The fourth-order valence-corrected chi connectivity index (χ4v) is 5.19. The van der Waals surface area contributed by atoms with Gasteiger partial charge in [0.15, 0.2) is 0 Å². The first-order valence-electron chi connectivity index (χ1n) is 11.7. The van der Waals surface area contributed by atoms with E-state index in [1.54, 1.807) is 0 Å². The molecule has 7 rings (SSSR count). The highest BCUT2D eigenvalue weighted by Gasteiger charge is 2.17. The van der Waals surface area contributed by atoms with Crippen LogP contribution < -0.4 is 0 Å². The van der Waals surface area contributed by atoms with Crippen LogP contribution in [0.5, 0.6) is 0 Å². The van der Waals surface area contributed by atoms with Crippen LogP contribution in [0.4, 0.5) is 0 Å². The maximum Gasteiger partial charge on any atom is 0.143 e. The maximum atomic E-state index is 6.43. The first-order chi connectivity index (χ1) is 16.8. The van der Waals surface area contributed by atoms with Gasteiger partial charge in [0.05, 0.1) is 11.0 Å². The molecule has 0 saturated carbocycles. The highest BCUT2D eigenvalue weighted by Crippen LogP contribution is 2.41. The lowest BCUT2D eigenvalue weighted by Crippen LogP contribution is -1.99. The number of aromatic nitrogens is 2. The van der Waals surface area contributed by atoms with Crippen LogP contribution in [0, 0.1) is 0 Å². The molecule has 0 aliphatic carbocycles. The minimum Gasteiger partial charge on any atom is -0.455 e. The molecule has 0 saturated heterocycles. The monoisotopic (exact) mass is 438 g/mol. The van der Waals surface area contributed by atoms with Crippen LogP contribution in [0.3, 0.4) is 0 Å². The number of para-hydroxylation sites is 3. The van der Waals surface area contributed by atoms with Crippen LogP contribution in [0.15, 0.2) is 108 Å². The Hall–Kier alpha value is -4.37. The van der Waals surface area contributed by atoms with E-state index in [1.165, 1.54) is 10.8 Å². The van der Waals surface area contributed by atoms with Crippen LogP contribution in [0.25, 0.3) is 60.6 Å². The second kappa shape index (κ2) is 7.32. The molecule has 7 aromatic rings. The Labute approximate surface area is 196 Å². The van der Waals surface area contributed by atoms with Crippen molar-refractivity contribution in [3.8, 4) is 16.8 Å². The molecule has 0 fully saturated rings. The highest BCUT2D eigenvalue weighted by molar-refractivity contribution is 6.18. The average molecular weight is 439 g/mol. The van der Waals surface area contributed by atoms with E-state index in [0.717, 1.165) is 62.0 Å². The van der Waals surface area contributed by atoms with E-state index < -0.39 is 0 Å². The minimum atomic E-state index is 0.874. The molecule has 0 radical (unpaired) electrons. The normalized spacial score (nSPS) is 11.8. The summed E-state index contributed by atoms with van der Waals surface area (Å²) < 4.78 is 8.69. The van der Waals surface area contributed by atoms with E-state index >= 15 is 0 Å². The molecule has 3 nitrogen and oxygen atoms in total. The summed E-state index contributed by atoms with van der Waals surface area (Å²) in [5.74, 6) is 1.07. The number of fused-ring (bicyclic) bond motifs is 5. The Balaban J connectivity index is 1.48. The van der Waals surface area contributed by atoms with Crippen molar-refractivity contribution in [2.24, 2.45) is 0 Å². The van der Waals surface area contributed by atoms with Gasteiger partial charge in [0.1, 0.15) is 17.0 Å². The van der Waals surface area contributed by atoms with Gasteiger partial charge in [0.2, 0.25) is 0 Å². The second-order valence-corrected chi connectivity index (χ2v) is 8.70. The first-order valence-corrected chi connectivity index (χ1v) is 11.7. The Bertz CT molecular complexity index is 1840. The molecule has 0 spiro atoms. The van der Waals surface area contributed by atoms with Gasteiger partial charge in [-0.3, -0.25) is 4.57 Å². The van der Waals surface area contributed by atoms with Gasteiger partial charge in [-0.05, 0) is 52.7 Å². The minimum absolute atomic E-state index is 0.874. The predicted molar refractivity (Wildman–Crippen MR) is 141 cm³/mol. The van der Waals surface area contributed by atoms with Gasteiger partial charge in [0, 0.05) is 28.4 Å². The molecule has 162 valence electrons. The smallest absolute Gasteiger partial charge is 0.143 e. The molecular formula is C31H22N2O. The lowest BCUT2D eigenvalue weighted by molar-refractivity contribution is 0.670. The third-order valence-corrected chi connectivity index (χ3v) is 6.75. The zero-order chi connectivity index (χ0) is 22.6. The molecule has 0 aliphatic heterocycles. The average Bonchev–Trinajstić information content (AvgIpc) is 3.45. The Kier molecular flexibility index (Phi) is 4.12. The molecule has 0 unspecified atom stereocenters. The number of aryl methyl sites for hydroxylation is 1. The molecule has 0 atom stereocenters. The fourth-order valence-electron chi connectivity index (χ4n) is 5.19. The van der Waals surface area contributed by atoms with Crippen molar-refractivity contribution in [2.45, 2.75) is 13.3 Å². The van der Waals surface area contributed by atoms with Gasteiger partial charge >= 0.3 is 0 Å². The molecule has 3 heteroatoms. The third kappa shape index (κ3) is 2.74. The van der Waals surface area contributed by atoms with Crippen molar-refractivity contribution < 1.29 is 4.42 Å². The van der Waals surface area contributed by atoms with Crippen molar-refractivity contribution >= 4 is 43.7 Å². The molecule has 0 amide bonds. The number of furan rings is 1. The van der Waals surface area contributed by atoms with Crippen molar-refractivity contribution in [1.82, 2.24) is 9.55 Å². The van der Waals surface area contributed by atoms with E-state index in [4.69, 9.17) is 9.40 Å². The van der Waals surface area contributed by atoms with Crippen LogP contribution in [0.2, 0.25) is 0 Å². The van der Waals surface area contributed by atoms with Gasteiger partial charge in [0.25, 0.3) is 0 Å². The van der Waals surface area contributed by atoms with Crippen molar-refractivity contribution in [1.29, 1.82) is 0 Å². The summed E-state index contributed by atoms with van der Waals surface area (Å²) >= 11 is 0. The maximum absolute atomic E-state index is 6.43. The summed E-state index contributed by atoms with van der Waals surface area (Å²) in [6.45, 7) is 2.15. The van der Waals surface area contributed by atoms with E-state index in [0.29, 0.717) is 0 Å². The van der Waals surface area contributed by atoms with Gasteiger partial charge in [-0.25, -0.2) is 4.98 Å². The largest absolute Gasteiger partial charge is 0.455 e. The first kappa shape index (κ1) is 19.1. The molecule has 0 bridgehead atoms. The van der Waals surface area contributed by atoms with Crippen molar-refractivity contribution in [3.05, 3.63) is 109 Å².